The van der Waals surface area contributed by atoms with Gasteiger partial charge in [-0.2, -0.15) is 0 Å². The molecule has 2 aromatic carbocycles. The molecule has 172 valence electrons. The second-order valence-corrected chi connectivity index (χ2v) is 8.02. The average molecular weight is 485 g/mol. The fraction of sp³-hybridized carbons (Fsp3) is 0.286. The minimum absolute atomic E-state index is 0. The van der Waals surface area contributed by atoms with E-state index in [0.717, 1.165) is 0 Å². The lowest BCUT2D eigenvalue weighted by atomic mass is 10.2. The zero-order chi connectivity index (χ0) is 22.6. The van der Waals surface area contributed by atoms with Crippen LogP contribution in [0.4, 0.5) is 20.7 Å². The summed E-state index contributed by atoms with van der Waals surface area (Å²) in [6.45, 7) is 0.585. The van der Waals surface area contributed by atoms with Gasteiger partial charge in [-0.1, -0.05) is 11.6 Å². The van der Waals surface area contributed by atoms with E-state index in [0.29, 0.717) is 39.8 Å². The van der Waals surface area contributed by atoms with Crippen molar-refractivity contribution < 1.29 is 23.1 Å². The summed E-state index contributed by atoms with van der Waals surface area (Å²) in [6, 6.07) is 7.64. The highest BCUT2D eigenvalue weighted by molar-refractivity contribution is 6.30. The van der Waals surface area contributed by atoms with E-state index in [2.05, 4.69) is 20.6 Å². The normalized spacial score (nSPS) is 10.9. The molecular formula is C21H25Cl2FN5O3+. The Hall–Kier alpha value is -2.88. The summed E-state index contributed by atoms with van der Waals surface area (Å²) in [4.78, 5) is 20.4. The molecule has 11 heteroatoms. The number of nitrogens with zero attached hydrogens (tertiary/aromatic N) is 3. The number of amides is 2. The van der Waals surface area contributed by atoms with Gasteiger partial charge in [0.2, 0.25) is 0 Å². The van der Waals surface area contributed by atoms with Crippen molar-refractivity contribution in [1.82, 2.24) is 15.3 Å². The lowest BCUT2D eigenvalue weighted by molar-refractivity contribution is -0.787. The number of quaternary nitrogens is 1. The van der Waals surface area contributed by atoms with Crippen molar-refractivity contribution in [2.24, 2.45) is 0 Å². The Labute approximate surface area is 196 Å². The summed E-state index contributed by atoms with van der Waals surface area (Å²) >= 11 is 5.82. The molecule has 32 heavy (non-hydrogen) atoms. The van der Waals surface area contributed by atoms with Gasteiger partial charge >= 0.3 is 6.03 Å². The topological polar surface area (TPSA) is 85.4 Å². The van der Waals surface area contributed by atoms with Crippen molar-refractivity contribution in [3.05, 3.63) is 47.5 Å². The summed E-state index contributed by atoms with van der Waals surface area (Å²) in [6.07, 6.45) is 1.37. The van der Waals surface area contributed by atoms with Gasteiger partial charge in [-0.15, -0.1) is 12.4 Å². The van der Waals surface area contributed by atoms with Gasteiger partial charge in [0, 0.05) is 16.5 Å². The highest BCUT2D eigenvalue weighted by atomic mass is 35.5. The van der Waals surface area contributed by atoms with Crippen LogP contribution in [-0.2, 0) is 0 Å². The second-order valence-electron chi connectivity index (χ2n) is 7.58. The number of nitrogens with one attached hydrogen (secondary N) is 2. The molecule has 0 aliphatic rings. The van der Waals surface area contributed by atoms with E-state index >= 15 is 0 Å². The van der Waals surface area contributed by atoms with E-state index in [1.807, 2.05) is 0 Å². The van der Waals surface area contributed by atoms with E-state index in [4.69, 9.17) is 21.1 Å². The van der Waals surface area contributed by atoms with E-state index < -0.39 is 5.82 Å². The molecule has 1 aromatic heterocycles. The van der Waals surface area contributed by atoms with Gasteiger partial charge in [0.15, 0.2) is 11.5 Å². The number of urea groups is 1. The number of benzene rings is 2. The van der Waals surface area contributed by atoms with Crippen LogP contribution in [0, 0.1) is 5.82 Å². The number of hydrogen-bond donors (Lipinski definition) is 2. The fourth-order valence-electron chi connectivity index (χ4n) is 2.71. The van der Waals surface area contributed by atoms with E-state index in [1.54, 1.807) is 39.3 Å². The van der Waals surface area contributed by atoms with Crippen LogP contribution in [0.5, 0.6) is 11.5 Å². The lowest BCUT2D eigenvalue weighted by Gasteiger charge is -2.20. The predicted octanol–water partition coefficient (Wildman–Crippen LogP) is 4.39. The van der Waals surface area contributed by atoms with Crippen LogP contribution in [0.1, 0.15) is 0 Å². The third-order valence-electron chi connectivity index (χ3n) is 4.35. The molecule has 2 amide bonds. The maximum atomic E-state index is 14.2. The molecule has 0 radical (unpaired) electrons. The van der Waals surface area contributed by atoms with Crippen LogP contribution in [0.15, 0.2) is 36.7 Å². The first kappa shape index (κ1) is 25.4. The maximum Gasteiger partial charge on any atom is 0.416 e. The average Bonchev–Trinajstić information content (AvgIpc) is 2.71. The van der Waals surface area contributed by atoms with Crippen molar-refractivity contribution in [2.75, 3.05) is 46.7 Å². The smallest absolute Gasteiger partial charge is 0.416 e. The molecule has 2 N–H and O–H groups in total. The number of carbonyl (C=O) groups is 1. The summed E-state index contributed by atoms with van der Waals surface area (Å²) in [5.74, 6) is 0.838. The molecule has 0 atom stereocenters. The second kappa shape index (κ2) is 10.6. The maximum absolute atomic E-state index is 14.2. The molecule has 0 fully saturated rings. The third kappa shape index (κ3) is 6.09. The highest BCUT2D eigenvalue weighted by Gasteiger charge is 2.19. The largest absolute Gasteiger partial charge is 0.493 e. The number of rotatable bonds is 7. The minimum Gasteiger partial charge on any atom is -0.493 e. The van der Waals surface area contributed by atoms with Crippen LogP contribution in [0.2, 0.25) is 5.02 Å². The van der Waals surface area contributed by atoms with Gasteiger partial charge in [0.25, 0.3) is 0 Å². The molecule has 3 aromatic rings. The first-order valence-electron chi connectivity index (χ1n) is 9.46. The molecule has 0 bridgehead atoms. The summed E-state index contributed by atoms with van der Waals surface area (Å²) < 4.78 is 25.6. The Kier molecular flexibility index (Phi) is 8.43. The molecule has 0 unspecified atom stereocenters. The van der Waals surface area contributed by atoms with Gasteiger partial charge in [-0.05, 0) is 24.3 Å². The van der Waals surface area contributed by atoms with Crippen molar-refractivity contribution in [2.45, 2.75) is 0 Å². The highest BCUT2D eigenvalue weighted by Crippen LogP contribution is 2.35. The molecule has 1 heterocycles. The first-order valence-corrected chi connectivity index (χ1v) is 9.84. The summed E-state index contributed by atoms with van der Waals surface area (Å²) in [7, 11) is 6.86. The number of carbonyl (C=O) groups excluding carboxylic acids is 1. The monoisotopic (exact) mass is 484 g/mol. The van der Waals surface area contributed by atoms with Gasteiger partial charge < -0.3 is 20.1 Å². The van der Waals surface area contributed by atoms with Crippen LogP contribution >= 0.6 is 24.0 Å². The zero-order valence-electron chi connectivity index (χ0n) is 18.1. The van der Waals surface area contributed by atoms with Crippen LogP contribution in [0.25, 0.3) is 10.9 Å². The molecule has 3 rings (SSSR count). The summed E-state index contributed by atoms with van der Waals surface area (Å²) in [5, 5.41) is 6.69. The number of hydrogen-bond acceptors (Lipinski definition) is 6. The predicted molar refractivity (Wildman–Crippen MR) is 125 cm³/mol. The molecule has 0 aliphatic heterocycles. The number of anilines is 2. The number of aromatic nitrogens is 2. The Balaban J connectivity index is 0.00000363. The molecule has 0 saturated heterocycles. The Bertz CT molecular complexity index is 1110. The van der Waals surface area contributed by atoms with Gasteiger partial charge in [-0.25, -0.2) is 23.6 Å². The number of halogens is 3. The zero-order valence-corrected chi connectivity index (χ0v) is 19.7. The van der Waals surface area contributed by atoms with Crippen molar-refractivity contribution >= 4 is 52.4 Å². The summed E-state index contributed by atoms with van der Waals surface area (Å²) in [5.41, 5.74) is 0.815. The first-order chi connectivity index (χ1) is 14.7. The fourth-order valence-corrected chi connectivity index (χ4v) is 2.87. The molecular weight excluding hydrogens is 460 g/mol. The van der Waals surface area contributed by atoms with Gasteiger partial charge in [0.05, 0.1) is 46.0 Å². The number of ether oxygens (including phenoxy) is 2. The molecule has 0 spiro atoms. The van der Waals surface area contributed by atoms with Gasteiger partial charge in [0.1, 0.15) is 24.6 Å². The van der Waals surface area contributed by atoms with E-state index in [9.17, 15) is 9.18 Å². The van der Waals surface area contributed by atoms with Crippen molar-refractivity contribution in [3.8, 4) is 11.5 Å². The number of fused-ring (bicyclic) bond motifs is 1. The molecule has 0 saturated carbocycles. The Morgan fingerprint density at radius 2 is 1.91 bits per heavy atom. The van der Waals surface area contributed by atoms with Crippen molar-refractivity contribution in [3.63, 3.8) is 0 Å². The SMILES string of the molecule is COc1cc2c(Nc3ccc(Cl)cc3F)ncnc2cc1OCCNC(=O)[N+](C)(C)C.Cl. The van der Waals surface area contributed by atoms with Crippen LogP contribution < -0.4 is 20.1 Å². The Morgan fingerprint density at radius 3 is 2.56 bits per heavy atom. The van der Waals surface area contributed by atoms with Gasteiger partial charge in [-0.3, -0.25) is 0 Å². The third-order valence-corrected chi connectivity index (χ3v) is 4.59. The van der Waals surface area contributed by atoms with Crippen molar-refractivity contribution in [1.29, 1.82) is 0 Å². The van der Waals surface area contributed by atoms with Crippen LogP contribution in [-0.4, -0.2) is 61.9 Å². The lowest BCUT2D eigenvalue weighted by Crippen LogP contribution is -2.49. The minimum atomic E-state index is -0.498. The van der Waals surface area contributed by atoms with Crippen LogP contribution in [0.3, 0.4) is 0 Å². The standard InChI is InChI=1S/C21H23ClFN5O3.ClH/c1-28(2,3)21(29)24-7-8-31-19-11-17-14(10-18(19)30-4)20(26-12-25-17)27-16-6-5-13(22)9-15(16)23;/h5-6,9-12H,7-8H2,1-4H3,(H-,24,25,26,27,29);1H/p+1. The Morgan fingerprint density at radius 1 is 1.16 bits per heavy atom. The number of methoxy groups -OCH3 is 1. The molecule has 8 nitrogen and oxygen atoms in total. The van der Waals surface area contributed by atoms with E-state index in [1.165, 1.54) is 25.6 Å². The quantitative estimate of drug-likeness (QED) is 0.382. The van der Waals surface area contributed by atoms with E-state index in [-0.39, 0.29) is 35.2 Å². The molecule has 0 aliphatic carbocycles.